The Morgan fingerprint density at radius 1 is 1.50 bits per heavy atom. The number of carboxylic acids is 1. The van der Waals surface area contributed by atoms with Crippen LogP contribution in [0.1, 0.15) is 16.2 Å². The minimum atomic E-state index is -1.12. The maximum atomic E-state index is 10.8. The summed E-state index contributed by atoms with van der Waals surface area (Å²) >= 11 is 1.62. The van der Waals surface area contributed by atoms with Crippen molar-refractivity contribution in [3.8, 4) is 0 Å². The molecule has 0 fully saturated rings. The molecule has 0 amide bonds. The van der Waals surface area contributed by atoms with Gasteiger partial charge in [0.15, 0.2) is 0 Å². The molecule has 0 saturated heterocycles. The second-order valence-electron chi connectivity index (χ2n) is 3.60. The lowest BCUT2D eigenvalue weighted by molar-refractivity contribution is 0.0662. The van der Waals surface area contributed by atoms with E-state index in [1.807, 2.05) is 30.5 Å². The van der Waals surface area contributed by atoms with Crippen molar-refractivity contribution >= 4 is 29.4 Å². The molecule has 0 radical (unpaired) electrons. The lowest BCUT2D eigenvalue weighted by Gasteiger charge is -2.03. The first-order valence-corrected chi connectivity index (χ1v) is 6.44. The third-order valence-electron chi connectivity index (χ3n) is 2.31. The minimum absolute atomic E-state index is 0.140. The van der Waals surface area contributed by atoms with E-state index in [-0.39, 0.29) is 11.8 Å². The number of hydrogen-bond acceptors (Lipinski definition) is 5. The summed E-state index contributed by atoms with van der Waals surface area (Å²) in [4.78, 5) is 15.9. The summed E-state index contributed by atoms with van der Waals surface area (Å²) in [6.45, 7) is 1.59. The Bertz CT molecular complexity index is 580. The lowest BCUT2D eigenvalue weighted by atomic mass is 10.3. The molecule has 2 aromatic rings. The van der Waals surface area contributed by atoms with Gasteiger partial charge in [-0.1, -0.05) is 6.07 Å². The van der Waals surface area contributed by atoms with Crippen molar-refractivity contribution in [2.45, 2.75) is 11.8 Å². The second-order valence-corrected chi connectivity index (χ2v) is 4.48. The van der Waals surface area contributed by atoms with Crippen LogP contribution < -0.4 is 5.32 Å². The molecule has 0 spiro atoms. The predicted octanol–water partition coefficient (Wildman–Crippen LogP) is 3.15. The van der Waals surface area contributed by atoms with Gasteiger partial charge in [0.2, 0.25) is 5.76 Å². The Morgan fingerprint density at radius 3 is 2.89 bits per heavy atom. The Balaban J connectivity index is 2.23. The van der Waals surface area contributed by atoms with E-state index >= 15 is 0 Å². The monoisotopic (exact) mass is 264 g/mol. The summed E-state index contributed by atoms with van der Waals surface area (Å²) in [6.07, 6.45) is 1.98. The fourth-order valence-corrected chi connectivity index (χ4v) is 1.93. The van der Waals surface area contributed by atoms with E-state index in [4.69, 9.17) is 9.52 Å². The van der Waals surface area contributed by atoms with Gasteiger partial charge in [-0.25, -0.2) is 4.79 Å². The zero-order valence-corrected chi connectivity index (χ0v) is 10.7. The molecule has 0 aliphatic carbocycles. The van der Waals surface area contributed by atoms with Crippen LogP contribution in [0.3, 0.4) is 0 Å². The van der Waals surface area contributed by atoms with Crippen LogP contribution in [-0.2, 0) is 0 Å². The fourth-order valence-electron chi connectivity index (χ4n) is 1.47. The van der Waals surface area contributed by atoms with Gasteiger partial charge < -0.3 is 14.8 Å². The quantitative estimate of drug-likeness (QED) is 0.826. The van der Waals surface area contributed by atoms with Crippen LogP contribution in [0.2, 0.25) is 0 Å². The van der Waals surface area contributed by atoms with Crippen LogP contribution >= 0.6 is 11.8 Å². The average molecular weight is 264 g/mol. The highest BCUT2D eigenvalue weighted by Gasteiger charge is 2.16. The van der Waals surface area contributed by atoms with E-state index in [0.29, 0.717) is 5.69 Å². The van der Waals surface area contributed by atoms with Crippen LogP contribution in [-0.4, -0.2) is 22.3 Å². The molecule has 0 aliphatic heterocycles. The van der Waals surface area contributed by atoms with Crippen LogP contribution in [0.15, 0.2) is 33.6 Å². The van der Waals surface area contributed by atoms with Crippen molar-refractivity contribution in [1.82, 2.24) is 4.98 Å². The number of anilines is 2. The third-order valence-corrected chi connectivity index (χ3v) is 3.04. The highest BCUT2D eigenvalue weighted by Crippen LogP contribution is 2.23. The molecule has 1 aromatic carbocycles. The average Bonchev–Trinajstić information content (AvgIpc) is 2.70. The summed E-state index contributed by atoms with van der Waals surface area (Å²) in [7, 11) is 0. The number of nitrogens with one attached hydrogen (secondary N) is 1. The number of aromatic nitrogens is 1. The van der Waals surface area contributed by atoms with Gasteiger partial charge in [-0.2, -0.15) is 4.98 Å². The number of nitrogens with zero attached hydrogens (tertiary/aromatic N) is 1. The van der Waals surface area contributed by atoms with Gasteiger partial charge in [0.1, 0.15) is 0 Å². The summed E-state index contributed by atoms with van der Waals surface area (Å²) in [5.41, 5.74) is 1.16. The van der Waals surface area contributed by atoms with Crippen molar-refractivity contribution in [3.05, 3.63) is 35.7 Å². The molecule has 1 aromatic heterocycles. The molecule has 2 rings (SSSR count). The molecule has 0 atom stereocenters. The van der Waals surface area contributed by atoms with Gasteiger partial charge in [0.05, 0.1) is 5.69 Å². The normalized spacial score (nSPS) is 10.3. The van der Waals surface area contributed by atoms with E-state index in [9.17, 15) is 4.79 Å². The summed E-state index contributed by atoms with van der Waals surface area (Å²) < 4.78 is 5.12. The van der Waals surface area contributed by atoms with E-state index in [0.717, 1.165) is 10.6 Å². The molecule has 0 aliphatic rings. The fraction of sp³-hybridized carbons (Fsp3) is 0.167. The standard InChI is InChI=1S/C12H12N2O3S/c1-7-10(11(15)16)17-12(13-7)14-8-4-3-5-9(6-8)18-2/h3-6H,1-2H3,(H,13,14)(H,15,16). The molecule has 2 N–H and O–H groups in total. The minimum Gasteiger partial charge on any atom is -0.475 e. The van der Waals surface area contributed by atoms with Gasteiger partial charge in [0.25, 0.3) is 6.01 Å². The number of benzene rings is 1. The van der Waals surface area contributed by atoms with Crippen molar-refractivity contribution in [3.63, 3.8) is 0 Å². The van der Waals surface area contributed by atoms with Crippen molar-refractivity contribution in [1.29, 1.82) is 0 Å². The van der Waals surface area contributed by atoms with Gasteiger partial charge >= 0.3 is 5.97 Å². The van der Waals surface area contributed by atoms with E-state index in [1.54, 1.807) is 18.7 Å². The molecule has 6 heteroatoms. The van der Waals surface area contributed by atoms with Crippen molar-refractivity contribution < 1.29 is 14.3 Å². The molecule has 0 saturated carbocycles. The zero-order valence-electron chi connectivity index (χ0n) is 9.93. The highest BCUT2D eigenvalue weighted by molar-refractivity contribution is 7.98. The Labute approximate surface area is 108 Å². The van der Waals surface area contributed by atoms with Gasteiger partial charge in [-0.3, -0.25) is 0 Å². The number of carbonyl (C=O) groups is 1. The number of thioether (sulfide) groups is 1. The van der Waals surface area contributed by atoms with Gasteiger partial charge in [-0.05, 0) is 31.4 Å². The zero-order chi connectivity index (χ0) is 13.1. The topological polar surface area (TPSA) is 75.4 Å². The second kappa shape index (κ2) is 5.14. The molecule has 5 nitrogen and oxygen atoms in total. The molecule has 0 unspecified atom stereocenters. The number of hydrogen-bond donors (Lipinski definition) is 2. The summed E-state index contributed by atoms with van der Waals surface area (Å²) in [5.74, 6) is -1.26. The molecular formula is C12H12N2O3S. The largest absolute Gasteiger partial charge is 0.475 e. The molecule has 94 valence electrons. The smallest absolute Gasteiger partial charge is 0.373 e. The molecule has 1 heterocycles. The Hall–Kier alpha value is -1.95. The van der Waals surface area contributed by atoms with Gasteiger partial charge in [0, 0.05) is 10.6 Å². The first-order valence-electron chi connectivity index (χ1n) is 5.22. The number of carboxylic acid groups (broad SMARTS) is 1. The Kier molecular flexibility index (Phi) is 3.57. The first kappa shape index (κ1) is 12.5. The highest BCUT2D eigenvalue weighted by atomic mass is 32.2. The third kappa shape index (κ3) is 2.65. The van der Waals surface area contributed by atoms with Crippen molar-refractivity contribution in [2.24, 2.45) is 0 Å². The molecule has 18 heavy (non-hydrogen) atoms. The van der Waals surface area contributed by atoms with Gasteiger partial charge in [-0.15, -0.1) is 11.8 Å². The summed E-state index contributed by atoms with van der Waals surface area (Å²) in [6, 6.07) is 7.87. The van der Waals surface area contributed by atoms with Crippen LogP contribution in [0.25, 0.3) is 0 Å². The van der Waals surface area contributed by atoms with Crippen molar-refractivity contribution in [2.75, 3.05) is 11.6 Å². The summed E-state index contributed by atoms with van der Waals surface area (Å²) in [5, 5.41) is 11.8. The maximum absolute atomic E-state index is 10.8. The van der Waals surface area contributed by atoms with Crippen LogP contribution in [0.5, 0.6) is 0 Å². The van der Waals surface area contributed by atoms with Crippen LogP contribution in [0.4, 0.5) is 11.7 Å². The predicted molar refractivity (Wildman–Crippen MR) is 69.7 cm³/mol. The lowest BCUT2D eigenvalue weighted by Crippen LogP contribution is -1.95. The number of rotatable bonds is 4. The molecule has 0 bridgehead atoms. The number of oxazole rings is 1. The first-order chi connectivity index (χ1) is 8.60. The number of aryl methyl sites for hydroxylation is 1. The SMILES string of the molecule is CSc1cccc(Nc2nc(C)c(C(=O)O)o2)c1. The van der Waals surface area contributed by atoms with E-state index in [1.165, 1.54) is 0 Å². The Morgan fingerprint density at radius 2 is 2.28 bits per heavy atom. The number of aromatic carboxylic acids is 1. The molecular weight excluding hydrogens is 252 g/mol. The van der Waals surface area contributed by atoms with E-state index in [2.05, 4.69) is 10.3 Å². The van der Waals surface area contributed by atoms with E-state index < -0.39 is 5.97 Å². The van der Waals surface area contributed by atoms with Crippen LogP contribution in [0, 0.1) is 6.92 Å². The maximum Gasteiger partial charge on any atom is 0.373 e.